The van der Waals surface area contributed by atoms with E-state index in [2.05, 4.69) is 4.90 Å². The highest BCUT2D eigenvalue weighted by Crippen LogP contribution is 2.37. The first kappa shape index (κ1) is 26.2. The average molecular weight is 548 g/mol. The monoisotopic (exact) mass is 547 g/mol. The summed E-state index contributed by atoms with van der Waals surface area (Å²) in [6, 6.07) is 17.5. The number of carbonyl (C=O) groups is 2. The third-order valence-electron chi connectivity index (χ3n) is 7.07. The van der Waals surface area contributed by atoms with Crippen molar-refractivity contribution in [1.29, 1.82) is 0 Å². The number of ether oxygens (including phenoxy) is 1. The molecule has 7 nitrogen and oxygen atoms in total. The van der Waals surface area contributed by atoms with Gasteiger partial charge in [-0.1, -0.05) is 72.5 Å². The SMILES string of the molecule is CCOC(=O)C1CCN(c2c(C=C3SC(=S)N(Cc4ccccc4)C3=O)c(=O)n(C)c3ccccc23)CC1. The number of para-hydroxylation sites is 1. The zero-order valence-corrected chi connectivity index (χ0v) is 23.0. The highest BCUT2D eigenvalue weighted by molar-refractivity contribution is 8.26. The van der Waals surface area contributed by atoms with Crippen molar-refractivity contribution in [3.63, 3.8) is 0 Å². The van der Waals surface area contributed by atoms with E-state index in [1.165, 1.54) is 11.8 Å². The summed E-state index contributed by atoms with van der Waals surface area (Å²) in [7, 11) is 1.75. The van der Waals surface area contributed by atoms with Crippen LogP contribution in [0.2, 0.25) is 0 Å². The van der Waals surface area contributed by atoms with Gasteiger partial charge in [0.15, 0.2) is 0 Å². The van der Waals surface area contributed by atoms with Gasteiger partial charge in [-0.05, 0) is 37.5 Å². The van der Waals surface area contributed by atoms with Crippen molar-refractivity contribution in [2.45, 2.75) is 26.3 Å². The quantitative estimate of drug-likeness (QED) is 0.251. The van der Waals surface area contributed by atoms with Crippen LogP contribution in [0.15, 0.2) is 64.3 Å². The lowest BCUT2D eigenvalue weighted by Crippen LogP contribution is -2.38. The first-order valence-electron chi connectivity index (χ1n) is 12.7. The topological polar surface area (TPSA) is 71.8 Å². The van der Waals surface area contributed by atoms with Gasteiger partial charge < -0.3 is 14.2 Å². The van der Waals surface area contributed by atoms with Gasteiger partial charge >= 0.3 is 5.97 Å². The van der Waals surface area contributed by atoms with Crippen molar-refractivity contribution in [2.75, 3.05) is 24.6 Å². The molecule has 0 atom stereocenters. The molecule has 0 N–H and O–H groups in total. The van der Waals surface area contributed by atoms with Gasteiger partial charge in [-0.3, -0.25) is 19.3 Å². The van der Waals surface area contributed by atoms with Gasteiger partial charge in [-0.15, -0.1) is 0 Å². The fourth-order valence-corrected chi connectivity index (χ4v) is 6.34. The molecule has 2 aliphatic heterocycles. The second-order valence-corrected chi connectivity index (χ2v) is 11.1. The molecule has 3 heterocycles. The number of hydrogen-bond acceptors (Lipinski definition) is 7. The molecule has 5 rings (SSSR count). The van der Waals surface area contributed by atoms with Crippen LogP contribution >= 0.6 is 24.0 Å². The average Bonchev–Trinajstić information content (AvgIpc) is 3.20. The minimum Gasteiger partial charge on any atom is -0.466 e. The van der Waals surface area contributed by atoms with Gasteiger partial charge in [0.05, 0.1) is 40.7 Å². The van der Waals surface area contributed by atoms with Crippen molar-refractivity contribution in [3.05, 3.63) is 81.0 Å². The number of aryl methyl sites for hydroxylation is 1. The summed E-state index contributed by atoms with van der Waals surface area (Å²) in [5.41, 5.74) is 2.87. The number of hydrogen-bond donors (Lipinski definition) is 0. The maximum absolute atomic E-state index is 13.7. The minimum atomic E-state index is -0.203. The van der Waals surface area contributed by atoms with Gasteiger partial charge in [-0.2, -0.15) is 0 Å². The van der Waals surface area contributed by atoms with Gasteiger partial charge in [0.1, 0.15) is 4.32 Å². The van der Waals surface area contributed by atoms with Crippen LogP contribution in [0.25, 0.3) is 17.0 Å². The van der Waals surface area contributed by atoms with E-state index < -0.39 is 0 Å². The first-order valence-corrected chi connectivity index (χ1v) is 13.9. The summed E-state index contributed by atoms with van der Waals surface area (Å²) in [6.07, 6.45) is 2.98. The number of thioether (sulfide) groups is 1. The Morgan fingerprint density at radius 3 is 2.47 bits per heavy atom. The lowest BCUT2D eigenvalue weighted by atomic mass is 9.95. The molecule has 0 spiro atoms. The van der Waals surface area contributed by atoms with Gasteiger partial charge in [0.2, 0.25) is 0 Å². The van der Waals surface area contributed by atoms with Crippen LogP contribution in [-0.2, 0) is 27.9 Å². The normalized spacial score (nSPS) is 17.6. The molecular formula is C29H29N3O4S2. The first-order chi connectivity index (χ1) is 18.4. The molecule has 2 aromatic carbocycles. The number of nitrogens with zero attached hydrogens (tertiary/aromatic N) is 3. The highest BCUT2D eigenvalue weighted by atomic mass is 32.2. The number of anilines is 1. The Bertz CT molecular complexity index is 1490. The predicted molar refractivity (Wildman–Crippen MR) is 156 cm³/mol. The molecule has 1 aromatic heterocycles. The van der Waals surface area contributed by atoms with Gasteiger partial charge in [0, 0.05) is 25.5 Å². The van der Waals surface area contributed by atoms with Crippen LogP contribution < -0.4 is 10.5 Å². The summed E-state index contributed by atoms with van der Waals surface area (Å²) < 4.78 is 7.33. The fraction of sp³-hybridized carbons (Fsp3) is 0.310. The third kappa shape index (κ3) is 5.00. The molecular weight excluding hydrogens is 518 g/mol. The Morgan fingerprint density at radius 2 is 1.76 bits per heavy atom. The largest absolute Gasteiger partial charge is 0.466 e. The van der Waals surface area contributed by atoms with Crippen molar-refractivity contribution in [1.82, 2.24) is 9.47 Å². The van der Waals surface area contributed by atoms with E-state index in [9.17, 15) is 14.4 Å². The summed E-state index contributed by atoms with van der Waals surface area (Å²) in [5.74, 6) is -0.518. The van der Waals surface area contributed by atoms with Gasteiger partial charge in [-0.25, -0.2) is 0 Å². The van der Waals surface area contributed by atoms with E-state index in [1.807, 2.05) is 61.5 Å². The van der Waals surface area contributed by atoms with Crippen LogP contribution in [0.4, 0.5) is 5.69 Å². The molecule has 9 heteroatoms. The Labute approximate surface area is 231 Å². The predicted octanol–water partition coefficient (Wildman–Crippen LogP) is 4.72. The number of fused-ring (bicyclic) bond motifs is 1. The van der Waals surface area contributed by atoms with Gasteiger partial charge in [0.25, 0.3) is 11.5 Å². The number of carbonyl (C=O) groups excluding carboxylic acids is 2. The number of benzene rings is 2. The summed E-state index contributed by atoms with van der Waals surface area (Å²) in [6.45, 7) is 3.78. The number of amides is 1. The molecule has 0 bridgehead atoms. The Morgan fingerprint density at radius 1 is 1.08 bits per heavy atom. The Hall–Kier alpha value is -3.43. The van der Waals surface area contributed by atoms with E-state index in [-0.39, 0.29) is 23.4 Å². The molecule has 3 aromatic rings. The second kappa shape index (κ2) is 11.1. The number of pyridine rings is 1. The van der Waals surface area contributed by atoms with Crippen LogP contribution in [-0.4, -0.2) is 45.4 Å². The van der Waals surface area contributed by atoms with E-state index in [0.717, 1.165) is 22.2 Å². The minimum absolute atomic E-state index is 0.151. The highest BCUT2D eigenvalue weighted by Gasteiger charge is 2.34. The number of aromatic nitrogens is 1. The third-order valence-corrected chi connectivity index (χ3v) is 8.45. The smallest absolute Gasteiger partial charge is 0.309 e. The molecule has 1 amide bonds. The van der Waals surface area contributed by atoms with Crippen molar-refractivity contribution in [3.8, 4) is 0 Å². The van der Waals surface area contributed by atoms with Crippen LogP contribution in [0.1, 0.15) is 30.9 Å². The van der Waals surface area contributed by atoms with Crippen LogP contribution in [0.5, 0.6) is 0 Å². The molecule has 0 unspecified atom stereocenters. The zero-order valence-electron chi connectivity index (χ0n) is 21.4. The number of thiocarbonyl (C=S) groups is 1. The van der Waals surface area contributed by atoms with Crippen molar-refractivity contribution >= 4 is 62.8 Å². The number of rotatable bonds is 6. The van der Waals surface area contributed by atoms with Crippen molar-refractivity contribution < 1.29 is 14.3 Å². The van der Waals surface area contributed by atoms with Crippen LogP contribution in [0.3, 0.4) is 0 Å². The molecule has 2 saturated heterocycles. The van der Waals surface area contributed by atoms with E-state index in [1.54, 1.807) is 22.6 Å². The maximum Gasteiger partial charge on any atom is 0.309 e. The molecule has 0 aliphatic carbocycles. The number of piperidine rings is 1. The van der Waals surface area contributed by atoms with Crippen molar-refractivity contribution in [2.24, 2.45) is 13.0 Å². The van der Waals surface area contributed by atoms with E-state index in [4.69, 9.17) is 17.0 Å². The summed E-state index contributed by atoms with van der Waals surface area (Å²) in [5, 5.41) is 0.926. The lowest BCUT2D eigenvalue weighted by Gasteiger charge is -2.34. The zero-order chi connectivity index (χ0) is 26.8. The fourth-order valence-electron chi connectivity index (χ4n) is 5.11. The van der Waals surface area contributed by atoms with Crippen LogP contribution in [0, 0.1) is 5.92 Å². The molecule has 2 fully saturated rings. The molecule has 2 aliphatic rings. The van der Waals surface area contributed by atoms with E-state index in [0.29, 0.717) is 53.9 Å². The summed E-state index contributed by atoms with van der Waals surface area (Å²) in [4.78, 5) is 43.6. The molecule has 0 radical (unpaired) electrons. The van der Waals surface area contributed by atoms with E-state index >= 15 is 0 Å². The lowest BCUT2D eigenvalue weighted by molar-refractivity contribution is -0.148. The standard InChI is InChI=1S/C29H29N3O4S2/c1-3-36-28(35)20-13-15-31(16-14-20)25-21-11-7-8-12-23(21)30(2)26(33)22(25)17-24-27(34)32(29(37)38-24)18-19-9-5-4-6-10-19/h4-12,17,20H,3,13-16,18H2,1-2H3. The number of esters is 1. The summed E-state index contributed by atoms with van der Waals surface area (Å²) >= 11 is 6.77. The Balaban J connectivity index is 1.54. The maximum atomic E-state index is 13.7. The molecule has 0 saturated carbocycles. The molecule has 196 valence electrons. The Kier molecular flexibility index (Phi) is 7.67. The second-order valence-electron chi connectivity index (χ2n) is 9.41. The molecule has 38 heavy (non-hydrogen) atoms.